The van der Waals surface area contributed by atoms with Crippen LogP contribution >= 0.6 is 0 Å². The predicted octanol–water partition coefficient (Wildman–Crippen LogP) is 3.14. The highest BCUT2D eigenvalue weighted by Gasteiger charge is 2.19. The monoisotopic (exact) mass is 368 g/mol. The maximum absolute atomic E-state index is 12.5. The third kappa shape index (κ3) is 4.81. The summed E-state index contributed by atoms with van der Waals surface area (Å²) in [5.41, 5.74) is 1.34. The molecule has 3 rings (SSSR count). The molecule has 1 saturated heterocycles. The second kappa shape index (κ2) is 8.62. The minimum atomic E-state index is -0.383. The van der Waals surface area contributed by atoms with Gasteiger partial charge in [-0.15, -0.1) is 0 Å². The molecule has 1 unspecified atom stereocenters. The Labute approximate surface area is 158 Å². The maximum atomic E-state index is 12.5. The average molecular weight is 368 g/mol. The number of carbonyl (C=O) groups excluding carboxylic acids is 2. The number of hydrogen-bond acceptors (Lipinski definition) is 6. The summed E-state index contributed by atoms with van der Waals surface area (Å²) in [6.45, 7) is 6.18. The molecule has 142 valence electrons. The first kappa shape index (κ1) is 18.8. The molecule has 27 heavy (non-hydrogen) atoms. The van der Waals surface area contributed by atoms with Gasteiger partial charge in [0.2, 0.25) is 0 Å². The maximum Gasteiger partial charge on any atom is 0.338 e. The molecule has 1 atom stereocenters. The van der Waals surface area contributed by atoms with Gasteiger partial charge in [-0.05, 0) is 49.9 Å². The van der Waals surface area contributed by atoms with Crippen molar-refractivity contribution in [1.82, 2.24) is 9.97 Å². The van der Waals surface area contributed by atoms with Gasteiger partial charge in [0.25, 0.3) is 5.91 Å². The molecule has 1 aliphatic heterocycles. The van der Waals surface area contributed by atoms with Crippen LogP contribution in [0.5, 0.6) is 0 Å². The fourth-order valence-corrected chi connectivity index (χ4v) is 3.14. The van der Waals surface area contributed by atoms with Crippen LogP contribution in [0, 0.1) is 5.92 Å². The summed E-state index contributed by atoms with van der Waals surface area (Å²) in [5.74, 6) is 0.697. The van der Waals surface area contributed by atoms with Gasteiger partial charge >= 0.3 is 5.97 Å². The molecule has 1 aliphatic rings. The molecule has 7 heteroatoms. The first-order valence-corrected chi connectivity index (χ1v) is 9.22. The highest BCUT2D eigenvalue weighted by atomic mass is 16.5. The molecule has 2 heterocycles. The van der Waals surface area contributed by atoms with Gasteiger partial charge in [0, 0.05) is 24.8 Å². The summed E-state index contributed by atoms with van der Waals surface area (Å²) in [7, 11) is 0. The van der Waals surface area contributed by atoms with Crippen molar-refractivity contribution in [1.29, 1.82) is 0 Å². The van der Waals surface area contributed by atoms with Crippen LogP contribution < -0.4 is 10.2 Å². The van der Waals surface area contributed by atoms with E-state index in [4.69, 9.17) is 4.74 Å². The number of ether oxygens (including phenoxy) is 1. The minimum Gasteiger partial charge on any atom is -0.462 e. The smallest absolute Gasteiger partial charge is 0.338 e. The van der Waals surface area contributed by atoms with Crippen LogP contribution in [0.25, 0.3) is 0 Å². The zero-order valence-corrected chi connectivity index (χ0v) is 15.6. The van der Waals surface area contributed by atoms with Crippen molar-refractivity contribution in [2.45, 2.75) is 26.7 Å². The lowest BCUT2D eigenvalue weighted by Crippen LogP contribution is -2.35. The number of benzene rings is 1. The van der Waals surface area contributed by atoms with Crippen molar-refractivity contribution in [3.63, 3.8) is 0 Å². The highest BCUT2D eigenvalue weighted by molar-refractivity contribution is 6.03. The van der Waals surface area contributed by atoms with Crippen molar-refractivity contribution in [3.8, 4) is 0 Å². The average Bonchev–Trinajstić information content (AvgIpc) is 2.69. The van der Waals surface area contributed by atoms with E-state index in [1.165, 1.54) is 12.7 Å². The molecular formula is C20H24N4O3. The van der Waals surface area contributed by atoms with Crippen molar-refractivity contribution >= 4 is 23.4 Å². The number of nitrogens with one attached hydrogen (secondary N) is 1. The van der Waals surface area contributed by atoms with Gasteiger partial charge in [-0.1, -0.05) is 6.92 Å². The molecule has 0 saturated carbocycles. The molecule has 0 spiro atoms. The summed E-state index contributed by atoms with van der Waals surface area (Å²) < 4.78 is 4.95. The summed E-state index contributed by atoms with van der Waals surface area (Å²) in [5, 5.41) is 2.80. The standard InChI is InChI=1S/C20H24N4O3/c1-3-27-20(26)15-6-8-16(9-7-15)23-19(25)17-11-18(22-13-21-17)24-10-4-5-14(2)12-24/h6-9,11,13-14H,3-5,10,12H2,1-2H3,(H,23,25). The van der Waals surface area contributed by atoms with E-state index < -0.39 is 0 Å². The molecule has 1 amide bonds. The lowest BCUT2D eigenvalue weighted by atomic mass is 10.0. The topological polar surface area (TPSA) is 84.4 Å². The molecule has 1 aromatic heterocycles. The van der Waals surface area contributed by atoms with Crippen molar-refractivity contribution in [3.05, 3.63) is 47.9 Å². The van der Waals surface area contributed by atoms with Gasteiger partial charge in [0.05, 0.1) is 12.2 Å². The number of hydrogen-bond donors (Lipinski definition) is 1. The summed E-state index contributed by atoms with van der Waals surface area (Å²) in [6, 6.07) is 8.29. The van der Waals surface area contributed by atoms with Gasteiger partial charge < -0.3 is 15.0 Å². The van der Waals surface area contributed by atoms with Gasteiger partial charge in [-0.2, -0.15) is 0 Å². The van der Waals surface area contributed by atoms with Gasteiger partial charge in [-0.3, -0.25) is 4.79 Å². The number of rotatable bonds is 5. The number of anilines is 2. The van der Waals surface area contributed by atoms with Gasteiger partial charge in [0.1, 0.15) is 17.8 Å². The third-order valence-corrected chi connectivity index (χ3v) is 4.52. The van der Waals surface area contributed by atoms with E-state index in [1.54, 1.807) is 37.3 Å². The molecule has 1 N–H and O–H groups in total. The second-order valence-corrected chi connectivity index (χ2v) is 6.71. The van der Waals surface area contributed by atoms with E-state index in [2.05, 4.69) is 27.1 Å². The van der Waals surface area contributed by atoms with E-state index in [0.717, 1.165) is 25.3 Å². The Hall–Kier alpha value is -2.96. The van der Waals surface area contributed by atoms with Crippen molar-refractivity contribution in [2.24, 2.45) is 5.92 Å². The summed E-state index contributed by atoms with van der Waals surface area (Å²) in [4.78, 5) is 34.8. The first-order valence-electron chi connectivity index (χ1n) is 9.22. The molecule has 0 aliphatic carbocycles. The van der Waals surface area contributed by atoms with E-state index in [1.807, 2.05) is 0 Å². The Bertz CT molecular complexity index is 807. The number of esters is 1. The molecule has 0 bridgehead atoms. The van der Waals surface area contributed by atoms with E-state index in [0.29, 0.717) is 29.5 Å². The summed E-state index contributed by atoms with van der Waals surface area (Å²) >= 11 is 0. The number of carbonyl (C=O) groups is 2. The van der Waals surface area contributed by atoms with Gasteiger partial charge in [0.15, 0.2) is 0 Å². The minimum absolute atomic E-state index is 0.312. The number of nitrogens with zero attached hydrogens (tertiary/aromatic N) is 3. The largest absolute Gasteiger partial charge is 0.462 e. The van der Waals surface area contributed by atoms with Crippen LogP contribution in [0.3, 0.4) is 0 Å². The lowest BCUT2D eigenvalue weighted by molar-refractivity contribution is 0.0526. The Morgan fingerprint density at radius 1 is 1.26 bits per heavy atom. The molecular weight excluding hydrogens is 344 g/mol. The second-order valence-electron chi connectivity index (χ2n) is 6.71. The van der Waals surface area contributed by atoms with Crippen LogP contribution in [0.1, 0.15) is 47.5 Å². The zero-order chi connectivity index (χ0) is 19.2. The number of piperidine rings is 1. The van der Waals surface area contributed by atoms with Crippen molar-refractivity contribution in [2.75, 3.05) is 29.9 Å². The normalized spacial score (nSPS) is 16.7. The van der Waals surface area contributed by atoms with Crippen LogP contribution in [0.4, 0.5) is 11.5 Å². The predicted molar refractivity (Wildman–Crippen MR) is 103 cm³/mol. The zero-order valence-electron chi connectivity index (χ0n) is 15.6. The highest BCUT2D eigenvalue weighted by Crippen LogP contribution is 2.21. The van der Waals surface area contributed by atoms with E-state index in [9.17, 15) is 9.59 Å². The molecule has 1 aromatic carbocycles. The Morgan fingerprint density at radius 3 is 2.74 bits per heavy atom. The van der Waals surface area contributed by atoms with E-state index in [-0.39, 0.29) is 11.9 Å². The van der Waals surface area contributed by atoms with Crippen LogP contribution in [0.2, 0.25) is 0 Å². The van der Waals surface area contributed by atoms with Crippen molar-refractivity contribution < 1.29 is 14.3 Å². The molecule has 0 radical (unpaired) electrons. The fourth-order valence-electron chi connectivity index (χ4n) is 3.14. The molecule has 2 aromatic rings. The number of aromatic nitrogens is 2. The molecule has 7 nitrogen and oxygen atoms in total. The number of amides is 1. The first-order chi connectivity index (χ1) is 13.1. The lowest BCUT2D eigenvalue weighted by Gasteiger charge is -2.31. The quantitative estimate of drug-likeness (QED) is 0.816. The van der Waals surface area contributed by atoms with Crippen LogP contribution in [0.15, 0.2) is 36.7 Å². The third-order valence-electron chi connectivity index (χ3n) is 4.52. The Balaban J connectivity index is 1.67. The van der Waals surface area contributed by atoms with Crippen LogP contribution in [-0.4, -0.2) is 41.5 Å². The SMILES string of the molecule is CCOC(=O)c1ccc(NC(=O)c2cc(N3CCCC(C)C3)ncn2)cc1. The molecule has 1 fully saturated rings. The van der Waals surface area contributed by atoms with E-state index >= 15 is 0 Å². The Morgan fingerprint density at radius 2 is 2.04 bits per heavy atom. The fraction of sp³-hybridized carbons (Fsp3) is 0.400. The Kier molecular flexibility index (Phi) is 6.01. The van der Waals surface area contributed by atoms with Gasteiger partial charge in [-0.25, -0.2) is 14.8 Å². The van der Waals surface area contributed by atoms with Crippen LogP contribution in [-0.2, 0) is 4.74 Å². The summed E-state index contributed by atoms with van der Waals surface area (Å²) in [6.07, 6.45) is 3.77.